The number of hydrogen-bond donors (Lipinski definition) is 1. The molecule has 1 amide bonds. The van der Waals surface area contributed by atoms with Crippen molar-refractivity contribution in [3.63, 3.8) is 0 Å². The molecule has 0 heterocycles. The van der Waals surface area contributed by atoms with Crippen molar-refractivity contribution in [2.45, 2.75) is 25.1 Å². The monoisotopic (exact) mass is 351 g/mol. The van der Waals surface area contributed by atoms with Gasteiger partial charge in [0.1, 0.15) is 5.60 Å². The zero-order chi connectivity index (χ0) is 18.5. The summed E-state index contributed by atoms with van der Waals surface area (Å²) in [6, 6.07) is 13.8. The van der Waals surface area contributed by atoms with Gasteiger partial charge in [-0.25, -0.2) is 0 Å². The topological polar surface area (TPSA) is 38.3 Å². The third kappa shape index (κ3) is 4.39. The van der Waals surface area contributed by atoms with Crippen molar-refractivity contribution in [2.24, 2.45) is 0 Å². The van der Waals surface area contributed by atoms with Crippen LogP contribution in [-0.2, 0) is 16.5 Å². The predicted molar refractivity (Wildman–Crippen MR) is 89.2 cm³/mol. The molecule has 0 aliphatic heterocycles. The van der Waals surface area contributed by atoms with Gasteiger partial charge in [0.25, 0.3) is 5.91 Å². The molecule has 0 saturated heterocycles. The van der Waals surface area contributed by atoms with Crippen LogP contribution in [0.2, 0.25) is 0 Å². The van der Waals surface area contributed by atoms with E-state index in [2.05, 4.69) is 5.32 Å². The van der Waals surface area contributed by atoms with Crippen molar-refractivity contribution < 1.29 is 22.7 Å². The lowest BCUT2D eigenvalue weighted by Gasteiger charge is -2.32. The highest BCUT2D eigenvalue weighted by Crippen LogP contribution is 2.30. The Balaban J connectivity index is 2.17. The van der Waals surface area contributed by atoms with E-state index in [0.29, 0.717) is 6.42 Å². The van der Waals surface area contributed by atoms with Crippen molar-refractivity contribution in [1.82, 2.24) is 5.32 Å². The van der Waals surface area contributed by atoms with Crippen molar-refractivity contribution in [2.75, 3.05) is 13.7 Å². The Hall–Kier alpha value is -2.34. The Morgan fingerprint density at radius 3 is 2.24 bits per heavy atom. The summed E-state index contributed by atoms with van der Waals surface area (Å²) in [6.45, 7) is 2.08. The Bertz CT molecular complexity index is 710. The quantitative estimate of drug-likeness (QED) is 0.838. The molecule has 3 nitrogen and oxygen atoms in total. The van der Waals surface area contributed by atoms with E-state index in [-0.39, 0.29) is 12.1 Å². The average molecular weight is 351 g/mol. The average Bonchev–Trinajstić information content (AvgIpc) is 2.63. The van der Waals surface area contributed by atoms with Crippen LogP contribution in [0.25, 0.3) is 0 Å². The number of methoxy groups -OCH3 is 1. The molecule has 1 N–H and O–H groups in total. The van der Waals surface area contributed by atoms with Crippen LogP contribution in [0.5, 0.6) is 0 Å². The first-order valence-corrected chi connectivity index (χ1v) is 7.88. The van der Waals surface area contributed by atoms with Gasteiger partial charge >= 0.3 is 6.18 Å². The van der Waals surface area contributed by atoms with Gasteiger partial charge in [-0.3, -0.25) is 4.79 Å². The SMILES string of the molecule is CC[C@](CNC(=O)c1cccc(C(F)(F)F)c1)(OC)c1ccccc1. The molecule has 0 aliphatic carbocycles. The van der Waals surface area contributed by atoms with E-state index in [0.717, 1.165) is 17.7 Å². The first-order chi connectivity index (χ1) is 11.8. The Labute approximate surface area is 144 Å². The summed E-state index contributed by atoms with van der Waals surface area (Å²) >= 11 is 0. The van der Waals surface area contributed by atoms with E-state index >= 15 is 0 Å². The number of hydrogen-bond acceptors (Lipinski definition) is 2. The molecule has 6 heteroatoms. The van der Waals surface area contributed by atoms with E-state index in [1.807, 2.05) is 37.3 Å². The van der Waals surface area contributed by atoms with Gasteiger partial charge < -0.3 is 10.1 Å². The van der Waals surface area contributed by atoms with Crippen molar-refractivity contribution in [1.29, 1.82) is 0 Å². The molecule has 2 aromatic carbocycles. The number of nitrogens with one attached hydrogen (secondary N) is 1. The molecule has 0 radical (unpaired) electrons. The van der Waals surface area contributed by atoms with Crippen LogP contribution in [0.4, 0.5) is 13.2 Å². The minimum atomic E-state index is -4.49. The fourth-order valence-corrected chi connectivity index (χ4v) is 2.67. The first-order valence-electron chi connectivity index (χ1n) is 7.88. The molecular formula is C19H20F3NO2. The maximum Gasteiger partial charge on any atom is 0.416 e. The van der Waals surface area contributed by atoms with Crippen LogP contribution in [-0.4, -0.2) is 19.6 Å². The minimum Gasteiger partial charge on any atom is -0.372 e. The lowest BCUT2D eigenvalue weighted by Crippen LogP contribution is -2.42. The fourth-order valence-electron chi connectivity index (χ4n) is 2.67. The smallest absolute Gasteiger partial charge is 0.372 e. The van der Waals surface area contributed by atoms with Gasteiger partial charge in [-0.15, -0.1) is 0 Å². The molecular weight excluding hydrogens is 331 g/mol. The number of ether oxygens (including phenoxy) is 1. The standard InChI is InChI=1S/C19H20F3NO2/c1-3-18(25-2,15-9-5-4-6-10-15)13-23-17(24)14-8-7-11-16(12-14)19(20,21)22/h4-12H,3,13H2,1-2H3,(H,23,24)/t18-/m1/s1. The number of halogens is 3. The zero-order valence-electron chi connectivity index (χ0n) is 14.1. The molecule has 25 heavy (non-hydrogen) atoms. The summed E-state index contributed by atoms with van der Waals surface area (Å²) in [5.74, 6) is -0.572. The lowest BCUT2D eigenvalue weighted by molar-refractivity contribution is -0.137. The van der Waals surface area contributed by atoms with Gasteiger partial charge in [-0.2, -0.15) is 13.2 Å². The summed E-state index contributed by atoms with van der Waals surface area (Å²) in [4.78, 5) is 12.3. The predicted octanol–water partition coefficient (Wildman–Crippen LogP) is 4.39. The van der Waals surface area contributed by atoms with E-state index < -0.39 is 23.2 Å². The highest BCUT2D eigenvalue weighted by atomic mass is 19.4. The van der Waals surface area contributed by atoms with E-state index in [1.54, 1.807) is 7.11 Å². The molecule has 0 unspecified atom stereocenters. The van der Waals surface area contributed by atoms with Crippen LogP contribution in [0, 0.1) is 0 Å². The lowest BCUT2D eigenvalue weighted by atomic mass is 9.90. The second-order valence-electron chi connectivity index (χ2n) is 5.68. The van der Waals surface area contributed by atoms with Gasteiger partial charge in [0.15, 0.2) is 0 Å². The third-order valence-electron chi connectivity index (χ3n) is 4.25. The molecule has 1 atom stereocenters. The second-order valence-corrected chi connectivity index (χ2v) is 5.68. The van der Waals surface area contributed by atoms with Crippen LogP contribution in [0.15, 0.2) is 54.6 Å². The van der Waals surface area contributed by atoms with Crippen molar-refractivity contribution in [3.05, 3.63) is 71.3 Å². The molecule has 134 valence electrons. The molecule has 0 aliphatic rings. The van der Waals surface area contributed by atoms with Crippen molar-refractivity contribution >= 4 is 5.91 Å². The molecule has 0 bridgehead atoms. The zero-order valence-corrected chi connectivity index (χ0v) is 14.1. The molecule has 0 aromatic heterocycles. The van der Waals surface area contributed by atoms with E-state index in [4.69, 9.17) is 4.74 Å². The van der Waals surface area contributed by atoms with Crippen LogP contribution in [0.1, 0.15) is 34.8 Å². The Morgan fingerprint density at radius 1 is 1.04 bits per heavy atom. The summed E-state index contributed by atoms with van der Waals surface area (Å²) in [5.41, 5.74) is -0.733. The third-order valence-corrected chi connectivity index (χ3v) is 4.25. The molecule has 2 aromatic rings. The number of carbonyl (C=O) groups is 1. The van der Waals surface area contributed by atoms with E-state index in [9.17, 15) is 18.0 Å². The van der Waals surface area contributed by atoms with Gasteiger partial charge in [-0.05, 0) is 30.2 Å². The number of benzene rings is 2. The van der Waals surface area contributed by atoms with Gasteiger partial charge in [0.05, 0.1) is 12.1 Å². The van der Waals surface area contributed by atoms with Gasteiger partial charge in [-0.1, -0.05) is 43.3 Å². The van der Waals surface area contributed by atoms with Gasteiger partial charge in [0, 0.05) is 12.7 Å². The van der Waals surface area contributed by atoms with Crippen LogP contribution in [0.3, 0.4) is 0 Å². The van der Waals surface area contributed by atoms with Crippen molar-refractivity contribution in [3.8, 4) is 0 Å². The maximum atomic E-state index is 12.8. The number of carbonyl (C=O) groups excluding carboxylic acids is 1. The van der Waals surface area contributed by atoms with Gasteiger partial charge in [0.2, 0.25) is 0 Å². The van der Waals surface area contributed by atoms with Crippen LogP contribution < -0.4 is 5.32 Å². The molecule has 2 rings (SSSR count). The normalized spacial score (nSPS) is 14.0. The van der Waals surface area contributed by atoms with Crippen LogP contribution >= 0.6 is 0 Å². The Morgan fingerprint density at radius 2 is 1.68 bits per heavy atom. The summed E-state index contributed by atoms with van der Waals surface area (Å²) < 4.78 is 44.0. The van der Waals surface area contributed by atoms with E-state index in [1.165, 1.54) is 12.1 Å². The molecule has 0 saturated carbocycles. The molecule has 0 fully saturated rings. The Kier molecular flexibility index (Phi) is 5.85. The number of amides is 1. The minimum absolute atomic E-state index is 0.0380. The highest BCUT2D eigenvalue weighted by Gasteiger charge is 2.32. The summed E-state index contributed by atoms with van der Waals surface area (Å²) in [7, 11) is 1.55. The molecule has 0 spiro atoms. The summed E-state index contributed by atoms with van der Waals surface area (Å²) in [6.07, 6.45) is -3.89. The first kappa shape index (κ1) is 19.0. The second kappa shape index (κ2) is 7.70. The number of alkyl halides is 3. The fraction of sp³-hybridized carbons (Fsp3) is 0.316. The maximum absolute atomic E-state index is 12.8. The largest absolute Gasteiger partial charge is 0.416 e. The highest BCUT2D eigenvalue weighted by molar-refractivity contribution is 5.94. The summed E-state index contributed by atoms with van der Waals surface area (Å²) in [5, 5.41) is 2.69. The number of rotatable bonds is 6.